The molecular formula is C13H22N2O3. The molecule has 3 aliphatic rings. The van der Waals surface area contributed by atoms with E-state index in [0.29, 0.717) is 12.0 Å². The van der Waals surface area contributed by atoms with Crippen LogP contribution in [0, 0.1) is 5.92 Å². The third-order valence-corrected chi connectivity index (χ3v) is 4.73. The summed E-state index contributed by atoms with van der Waals surface area (Å²) in [6.45, 7) is 0.543. The van der Waals surface area contributed by atoms with E-state index < -0.39 is 12.2 Å². The van der Waals surface area contributed by atoms with Gasteiger partial charge in [-0.25, -0.2) is 0 Å². The molecule has 2 saturated heterocycles. The zero-order valence-corrected chi connectivity index (χ0v) is 10.6. The SMILES string of the molecule is O=C(C1CC2CCCCC2N1)N1CC(O)C(O)C1. The number of aliphatic hydroxyl groups excluding tert-OH is 2. The van der Waals surface area contributed by atoms with E-state index >= 15 is 0 Å². The lowest BCUT2D eigenvalue weighted by molar-refractivity contribution is -0.132. The quantitative estimate of drug-likeness (QED) is 0.588. The van der Waals surface area contributed by atoms with Crippen molar-refractivity contribution >= 4 is 5.91 Å². The minimum atomic E-state index is -0.780. The Bertz CT molecular complexity index is 312. The van der Waals surface area contributed by atoms with Gasteiger partial charge in [-0.2, -0.15) is 0 Å². The van der Waals surface area contributed by atoms with Gasteiger partial charge in [0.05, 0.1) is 18.2 Å². The number of rotatable bonds is 1. The molecule has 0 aromatic rings. The molecule has 18 heavy (non-hydrogen) atoms. The van der Waals surface area contributed by atoms with Crippen LogP contribution in [-0.4, -0.2) is 58.4 Å². The minimum Gasteiger partial charge on any atom is -0.388 e. The topological polar surface area (TPSA) is 72.8 Å². The summed E-state index contributed by atoms with van der Waals surface area (Å²) in [5.74, 6) is 0.699. The predicted molar refractivity (Wildman–Crippen MR) is 65.9 cm³/mol. The van der Waals surface area contributed by atoms with Crippen LogP contribution in [-0.2, 0) is 4.79 Å². The maximum Gasteiger partial charge on any atom is 0.239 e. The summed E-state index contributed by atoms with van der Waals surface area (Å²) < 4.78 is 0. The number of nitrogens with zero attached hydrogens (tertiary/aromatic N) is 1. The van der Waals surface area contributed by atoms with Gasteiger partial charge in [-0.05, 0) is 25.2 Å². The first-order valence-electron chi connectivity index (χ1n) is 7.06. The van der Waals surface area contributed by atoms with Gasteiger partial charge < -0.3 is 20.4 Å². The molecule has 5 nitrogen and oxygen atoms in total. The van der Waals surface area contributed by atoms with Crippen molar-refractivity contribution in [1.29, 1.82) is 0 Å². The average Bonchev–Trinajstić information content (AvgIpc) is 2.93. The lowest BCUT2D eigenvalue weighted by Gasteiger charge is -2.24. The Morgan fingerprint density at radius 3 is 2.44 bits per heavy atom. The van der Waals surface area contributed by atoms with Gasteiger partial charge in [-0.3, -0.25) is 4.79 Å². The number of carbonyl (C=O) groups is 1. The van der Waals surface area contributed by atoms with Crippen LogP contribution in [0.2, 0.25) is 0 Å². The number of aliphatic hydroxyl groups is 2. The highest BCUT2D eigenvalue weighted by molar-refractivity contribution is 5.82. The molecule has 0 bridgehead atoms. The van der Waals surface area contributed by atoms with Crippen molar-refractivity contribution in [3.8, 4) is 0 Å². The lowest BCUT2D eigenvalue weighted by Crippen LogP contribution is -2.45. The van der Waals surface area contributed by atoms with Gasteiger partial charge in [-0.1, -0.05) is 12.8 Å². The van der Waals surface area contributed by atoms with E-state index in [-0.39, 0.29) is 25.0 Å². The van der Waals surface area contributed by atoms with Crippen LogP contribution in [0.15, 0.2) is 0 Å². The first-order valence-corrected chi connectivity index (χ1v) is 7.06. The Hall–Kier alpha value is -0.650. The highest BCUT2D eigenvalue weighted by atomic mass is 16.3. The molecule has 1 amide bonds. The summed E-state index contributed by atoms with van der Waals surface area (Å²) in [4.78, 5) is 13.9. The van der Waals surface area contributed by atoms with Crippen molar-refractivity contribution in [2.45, 2.75) is 56.4 Å². The highest BCUT2D eigenvalue weighted by Gasteiger charge is 2.42. The van der Waals surface area contributed by atoms with E-state index in [1.807, 2.05) is 0 Å². The number of β-amino-alcohol motifs (C(OH)–C–C–N with tert-alkyl or cyclic N) is 2. The van der Waals surface area contributed by atoms with Crippen molar-refractivity contribution in [2.75, 3.05) is 13.1 Å². The lowest BCUT2D eigenvalue weighted by atomic mass is 9.85. The van der Waals surface area contributed by atoms with Crippen LogP contribution < -0.4 is 5.32 Å². The largest absolute Gasteiger partial charge is 0.388 e. The Morgan fingerprint density at radius 1 is 1.11 bits per heavy atom. The van der Waals surface area contributed by atoms with Gasteiger partial charge in [0.25, 0.3) is 0 Å². The van der Waals surface area contributed by atoms with Crippen LogP contribution in [0.25, 0.3) is 0 Å². The van der Waals surface area contributed by atoms with E-state index in [1.54, 1.807) is 4.90 Å². The number of nitrogens with one attached hydrogen (secondary N) is 1. The molecule has 3 rings (SSSR count). The summed E-state index contributed by atoms with van der Waals surface area (Å²) in [7, 11) is 0. The maximum absolute atomic E-state index is 12.3. The Morgan fingerprint density at radius 2 is 1.78 bits per heavy atom. The standard InChI is InChI=1S/C13H22N2O3/c16-11-6-15(7-12(11)17)13(18)10-5-8-3-1-2-4-9(8)14-10/h8-12,14,16-17H,1-7H2. The summed E-state index contributed by atoms with van der Waals surface area (Å²) in [5, 5.41) is 22.4. The first-order chi connectivity index (χ1) is 8.65. The van der Waals surface area contributed by atoms with Crippen molar-refractivity contribution in [1.82, 2.24) is 10.2 Å². The zero-order chi connectivity index (χ0) is 12.7. The molecule has 5 heteroatoms. The van der Waals surface area contributed by atoms with Crippen molar-refractivity contribution in [3.63, 3.8) is 0 Å². The Balaban J connectivity index is 1.60. The molecule has 0 aromatic carbocycles. The van der Waals surface area contributed by atoms with Crippen molar-refractivity contribution < 1.29 is 15.0 Å². The molecule has 2 aliphatic heterocycles. The van der Waals surface area contributed by atoms with Crippen LogP contribution in [0.5, 0.6) is 0 Å². The second kappa shape index (κ2) is 4.79. The van der Waals surface area contributed by atoms with Crippen LogP contribution >= 0.6 is 0 Å². The van der Waals surface area contributed by atoms with Crippen LogP contribution in [0.4, 0.5) is 0 Å². The fourth-order valence-corrected chi connectivity index (χ4v) is 3.68. The van der Waals surface area contributed by atoms with E-state index in [9.17, 15) is 15.0 Å². The molecule has 3 fully saturated rings. The summed E-state index contributed by atoms with van der Waals surface area (Å²) in [5.41, 5.74) is 0. The molecular weight excluding hydrogens is 232 g/mol. The van der Waals surface area contributed by atoms with Gasteiger partial charge in [0.1, 0.15) is 0 Å². The molecule has 5 atom stereocenters. The van der Waals surface area contributed by atoms with E-state index in [0.717, 1.165) is 6.42 Å². The Kier molecular flexibility index (Phi) is 3.30. The molecule has 5 unspecified atom stereocenters. The summed E-state index contributed by atoms with van der Waals surface area (Å²) in [6, 6.07) is 0.403. The first kappa shape index (κ1) is 12.4. The van der Waals surface area contributed by atoms with Gasteiger partial charge >= 0.3 is 0 Å². The van der Waals surface area contributed by atoms with Crippen molar-refractivity contribution in [2.24, 2.45) is 5.92 Å². The van der Waals surface area contributed by atoms with Crippen LogP contribution in [0.1, 0.15) is 32.1 Å². The minimum absolute atomic E-state index is 0.0556. The van der Waals surface area contributed by atoms with E-state index in [1.165, 1.54) is 25.7 Å². The number of hydrogen-bond donors (Lipinski definition) is 3. The number of likely N-dealkylation sites (tertiary alicyclic amines) is 1. The third kappa shape index (κ3) is 2.15. The molecule has 1 aliphatic carbocycles. The third-order valence-electron chi connectivity index (χ3n) is 4.73. The number of carbonyl (C=O) groups excluding carboxylic acids is 1. The molecule has 3 N–H and O–H groups in total. The van der Waals surface area contributed by atoms with Gasteiger partial charge in [0, 0.05) is 19.1 Å². The molecule has 2 heterocycles. The molecule has 102 valence electrons. The monoisotopic (exact) mass is 254 g/mol. The molecule has 0 radical (unpaired) electrons. The predicted octanol–water partition coefficient (Wildman–Crippen LogP) is -0.529. The number of hydrogen-bond acceptors (Lipinski definition) is 4. The van der Waals surface area contributed by atoms with Crippen molar-refractivity contribution in [3.05, 3.63) is 0 Å². The average molecular weight is 254 g/mol. The van der Waals surface area contributed by atoms with Gasteiger partial charge in [0.15, 0.2) is 0 Å². The fourth-order valence-electron chi connectivity index (χ4n) is 3.68. The van der Waals surface area contributed by atoms with E-state index in [4.69, 9.17) is 0 Å². The molecule has 0 spiro atoms. The van der Waals surface area contributed by atoms with Gasteiger partial charge in [0.2, 0.25) is 5.91 Å². The fraction of sp³-hybridized carbons (Fsp3) is 0.923. The maximum atomic E-state index is 12.3. The zero-order valence-electron chi connectivity index (χ0n) is 10.6. The normalized spacial score (nSPS) is 44.1. The molecule has 1 saturated carbocycles. The van der Waals surface area contributed by atoms with Gasteiger partial charge in [-0.15, -0.1) is 0 Å². The number of amides is 1. The Labute approximate surface area is 107 Å². The smallest absolute Gasteiger partial charge is 0.239 e. The van der Waals surface area contributed by atoms with Crippen LogP contribution in [0.3, 0.4) is 0 Å². The second-order valence-corrected chi connectivity index (χ2v) is 5.98. The number of fused-ring (bicyclic) bond motifs is 1. The van der Waals surface area contributed by atoms with E-state index in [2.05, 4.69) is 5.32 Å². The highest BCUT2D eigenvalue weighted by Crippen LogP contribution is 2.33. The molecule has 0 aromatic heterocycles. The summed E-state index contributed by atoms with van der Waals surface area (Å²) >= 11 is 0. The summed E-state index contributed by atoms with van der Waals surface area (Å²) in [6.07, 6.45) is 4.31. The second-order valence-electron chi connectivity index (χ2n) is 5.98.